The second-order valence-electron chi connectivity index (χ2n) is 5.55. The maximum Gasteiger partial charge on any atom is 0.337 e. The molecule has 126 valence electrons. The highest BCUT2D eigenvalue weighted by Crippen LogP contribution is 2.32. The summed E-state index contributed by atoms with van der Waals surface area (Å²) in [5.74, 6) is -0.264. The van der Waals surface area contributed by atoms with Gasteiger partial charge in [-0.2, -0.15) is 0 Å². The third-order valence-electron chi connectivity index (χ3n) is 3.85. The molecule has 0 saturated carbocycles. The summed E-state index contributed by atoms with van der Waals surface area (Å²) in [5.41, 5.74) is 2.04. The zero-order chi connectivity index (χ0) is 17.6. The number of fused-ring (bicyclic) bond motifs is 1. The highest BCUT2D eigenvalue weighted by atomic mass is 32.1. The first-order chi connectivity index (χ1) is 12.1. The topological polar surface area (TPSA) is 93.5 Å². The molecule has 1 N–H and O–H groups in total. The van der Waals surface area contributed by atoms with Gasteiger partial charge >= 0.3 is 5.97 Å². The molecule has 0 spiro atoms. The Labute approximate surface area is 146 Å². The Hall–Kier alpha value is -3.00. The van der Waals surface area contributed by atoms with Crippen molar-refractivity contribution in [1.82, 2.24) is 19.6 Å². The minimum atomic E-state index is -1.03. The van der Waals surface area contributed by atoms with E-state index in [1.54, 1.807) is 28.1 Å². The maximum atomic E-state index is 11.6. The number of hydrogen-bond acceptors (Lipinski definition) is 6. The van der Waals surface area contributed by atoms with Crippen LogP contribution in [0.4, 0.5) is 0 Å². The number of rotatable bonds is 4. The predicted molar refractivity (Wildman–Crippen MR) is 92.9 cm³/mol. The smallest absolute Gasteiger partial charge is 0.337 e. The fourth-order valence-corrected chi connectivity index (χ4v) is 3.50. The van der Waals surface area contributed by atoms with Crippen molar-refractivity contribution in [2.45, 2.75) is 20.3 Å². The molecule has 4 rings (SSSR count). The van der Waals surface area contributed by atoms with E-state index in [1.165, 1.54) is 10.9 Å². The lowest BCUT2D eigenvalue weighted by molar-refractivity contribution is 0.0696. The van der Waals surface area contributed by atoms with Gasteiger partial charge in [0.1, 0.15) is 5.65 Å². The van der Waals surface area contributed by atoms with Gasteiger partial charge in [-0.1, -0.05) is 6.92 Å². The molecule has 0 fully saturated rings. The van der Waals surface area contributed by atoms with Crippen LogP contribution in [0.1, 0.15) is 28.0 Å². The third kappa shape index (κ3) is 2.60. The monoisotopic (exact) mass is 354 g/mol. The second kappa shape index (κ2) is 5.82. The summed E-state index contributed by atoms with van der Waals surface area (Å²) >= 11 is 1.62. The molecular formula is C17H14N4O3S. The number of carboxylic acids is 1. The van der Waals surface area contributed by atoms with E-state index in [4.69, 9.17) is 4.42 Å². The average molecular weight is 354 g/mol. The van der Waals surface area contributed by atoms with Crippen LogP contribution in [0.2, 0.25) is 0 Å². The highest BCUT2D eigenvalue weighted by molar-refractivity contribution is 7.15. The maximum absolute atomic E-state index is 11.6. The van der Waals surface area contributed by atoms with Crippen LogP contribution >= 0.6 is 11.3 Å². The number of carboxylic acid groups (broad SMARTS) is 1. The van der Waals surface area contributed by atoms with Crippen LogP contribution in [-0.2, 0) is 6.42 Å². The summed E-state index contributed by atoms with van der Waals surface area (Å²) in [7, 11) is 0. The number of nitrogens with zero attached hydrogens (tertiary/aromatic N) is 4. The summed E-state index contributed by atoms with van der Waals surface area (Å²) in [6.45, 7) is 3.93. The van der Waals surface area contributed by atoms with E-state index >= 15 is 0 Å². The normalized spacial score (nSPS) is 11.3. The lowest BCUT2D eigenvalue weighted by Crippen LogP contribution is -2.01. The SMILES string of the molecule is CCc1nnc(-c2cc(C(=O)O)cn3c(-c4ccc(C)s4)cnc23)o1. The molecule has 0 radical (unpaired) electrons. The van der Waals surface area contributed by atoms with Crippen LogP contribution in [0.3, 0.4) is 0 Å². The van der Waals surface area contributed by atoms with Crippen molar-refractivity contribution in [2.75, 3.05) is 0 Å². The molecular weight excluding hydrogens is 340 g/mol. The van der Waals surface area contributed by atoms with Crippen molar-refractivity contribution in [3.8, 4) is 22.0 Å². The van der Waals surface area contributed by atoms with Crippen molar-refractivity contribution in [3.63, 3.8) is 0 Å². The quantitative estimate of drug-likeness (QED) is 0.601. The number of imidazole rings is 1. The van der Waals surface area contributed by atoms with Crippen molar-refractivity contribution in [1.29, 1.82) is 0 Å². The molecule has 0 atom stereocenters. The third-order valence-corrected chi connectivity index (χ3v) is 4.87. The summed E-state index contributed by atoms with van der Waals surface area (Å²) in [6.07, 6.45) is 3.90. The molecule has 0 aliphatic carbocycles. The lowest BCUT2D eigenvalue weighted by Gasteiger charge is -2.05. The Bertz CT molecular complexity index is 1090. The van der Waals surface area contributed by atoms with Crippen molar-refractivity contribution in [2.24, 2.45) is 0 Å². The number of pyridine rings is 1. The lowest BCUT2D eigenvalue weighted by atomic mass is 10.2. The number of thiophene rings is 1. The van der Waals surface area contributed by atoms with Gasteiger partial charge in [-0.15, -0.1) is 21.5 Å². The molecule has 4 aromatic heterocycles. The molecule has 4 aromatic rings. The summed E-state index contributed by atoms with van der Waals surface area (Å²) < 4.78 is 7.38. The number of carbonyl (C=O) groups is 1. The van der Waals surface area contributed by atoms with E-state index in [1.807, 2.05) is 26.0 Å². The number of hydrogen-bond donors (Lipinski definition) is 1. The Morgan fingerprint density at radius 1 is 1.36 bits per heavy atom. The van der Waals surface area contributed by atoms with Crippen LogP contribution in [0.25, 0.3) is 27.7 Å². The van der Waals surface area contributed by atoms with E-state index in [0.717, 1.165) is 10.6 Å². The van der Waals surface area contributed by atoms with Crippen LogP contribution in [0, 0.1) is 6.92 Å². The zero-order valence-electron chi connectivity index (χ0n) is 13.6. The Morgan fingerprint density at radius 3 is 2.84 bits per heavy atom. The van der Waals surface area contributed by atoms with Gasteiger partial charge in [-0.05, 0) is 25.1 Å². The van der Waals surface area contributed by atoms with Gasteiger partial charge in [0.15, 0.2) is 0 Å². The number of aromatic nitrogens is 4. The van der Waals surface area contributed by atoms with Crippen LogP contribution in [0.15, 0.2) is 35.0 Å². The van der Waals surface area contributed by atoms with E-state index in [2.05, 4.69) is 15.2 Å². The fourth-order valence-electron chi connectivity index (χ4n) is 2.62. The van der Waals surface area contributed by atoms with E-state index in [9.17, 15) is 9.90 Å². The van der Waals surface area contributed by atoms with Crippen LogP contribution in [-0.4, -0.2) is 30.7 Å². The Morgan fingerprint density at radius 2 is 2.20 bits per heavy atom. The first-order valence-electron chi connectivity index (χ1n) is 7.70. The van der Waals surface area contributed by atoms with E-state index in [0.29, 0.717) is 23.5 Å². The first-order valence-corrected chi connectivity index (χ1v) is 8.52. The number of aryl methyl sites for hydroxylation is 2. The molecule has 0 amide bonds. The van der Waals surface area contributed by atoms with Gasteiger partial charge in [0, 0.05) is 17.5 Å². The molecule has 0 aliphatic rings. The molecule has 7 nitrogen and oxygen atoms in total. The largest absolute Gasteiger partial charge is 0.478 e. The summed E-state index contributed by atoms with van der Waals surface area (Å²) in [6, 6.07) is 5.53. The fraction of sp³-hybridized carbons (Fsp3) is 0.176. The van der Waals surface area contributed by atoms with Crippen molar-refractivity contribution in [3.05, 3.63) is 46.9 Å². The predicted octanol–water partition coefficient (Wildman–Crippen LogP) is 3.68. The van der Waals surface area contributed by atoms with E-state index in [-0.39, 0.29) is 11.5 Å². The highest BCUT2D eigenvalue weighted by Gasteiger charge is 2.19. The molecule has 0 saturated heterocycles. The molecule has 0 bridgehead atoms. The summed E-state index contributed by atoms with van der Waals surface area (Å²) in [4.78, 5) is 18.2. The molecule has 4 heterocycles. The van der Waals surface area contributed by atoms with Crippen molar-refractivity contribution < 1.29 is 14.3 Å². The van der Waals surface area contributed by atoms with Gasteiger partial charge in [0.2, 0.25) is 5.89 Å². The van der Waals surface area contributed by atoms with Crippen LogP contribution in [0.5, 0.6) is 0 Å². The minimum absolute atomic E-state index is 0.131. The van der Waals surface area contributed by atoms with E-state index < -0.39 is 5.97 Å². The average Bonchev–Trinajstić information content (AvgIpc) is 3.32. The summed E-state index contributed by atoms with van der Waals surface area (Å²) in [5, 5.41) is 17.5. The van der Waals surface area contributed by atoms with Gasteiger partial charge < -0.3 is 9.52 Å². The molecule has 0 aliphatic heterocycles. The number of aromatic carboxylic acids is 1. The van der Waals surface area contributed by atoms with Gasteiger partial charge in [-0.3, -0.25) is 4.40 Å². The van der Waals surface area contributed by atoms with Gasteiger partial charge in [0.25, 0.3) is 5.89 Å². The Kier molecular flexibility index (Phi) is 3.61. The van der Waals surface area contributed by atoms with Crippen molar-refractivity contribution >= 4 is 23.0 Å². The molecule has 0 aromatic carbocycles. The molecule has 0 unspecified atom stereocenters. The first kappa shape index (κ1) is 15.5. The molecule has 25 heavy (non-hydrogen) atoms. The Balaban J connectivity index is 1.99. The van der Waals surface area contributed by atoms with Gasteiger partial charge in [-0.25, -0.2) is 9.78 Å². The standard InChI is InChI=1S/C17H14N4O3S/c1-3-14-19-20-16(24-14)11-6-10(17(22)23)8-21-12(7-18-15(11)21)13-5-4-9(2)25-13/h4-8H,3H2,1-2H3,(H,22,23). The zero-order valence-corrected chi connectivity index (χ0v) is 14.4. The van der Waals surface area contributed by atoms with Gasteiger partial charge in [0.05, 0.1) is 27.9 Å². The second-order valence-corrected chi connectivity index (χ2v) is 6.84. The molecule has 8 heteroatoms. The van der Waals surface area contributed by atoms with Crippen LogP contribution < -0.4 is 0 Å². The minimum Gasteiger partial charge on any atom is -0.478 e.